The highest BCUT2D eigenvalue weighted by atomic mass is 19.1. The smallest absolute Gasteiger partial charge is 0.123 e. The van der Waals surface area contributed by atoms with Gasteiger partial charge >= 0.3 is 0 Å². The Morgan fingerprint density at radius 3 is 2.47 bits per heavy atom. The van der Waals surface area contributed by atoms with Crippen LogP contribution in [-0.4, -0.2) is 19.6 Å². The van der Waals surface area contributed by atoms with Crippen LogP contribution in [0.4, 0.5) is 10.1 Å². The van der Waals surface area contributed by atoms with E-state index >= 15 is 0 Å². The molecule has 0 aromatic heterocycles. The average molecular weight is 266 g/mol. The van der Waals surface area contributed by atoms with E-state index in [9.17, 15) is 4.39 Å². The zero-order valence-electron chi connectivity index (χ0n) is 12.8. The predicted molar refractivity (Wildman–Crippen MR) is 81.1 cm³/mol. The Hall–Kier alpha value is -1.09. The molecule has 0 spiro atoms. The first-order valence-electron chi connectivity index (χ1n) is 7.13. The van der Waals surface area contributed by atoms with Crippen LogP contribution in [0.15, 0.2) is 18.2 Å². The third-order valence-electron chi connectivity index (χ3n) is 3.20. The number of nitrogens with one attached hydrogen (secondary N) is 1. The summed E-state index contributed by atoms with van der Waals surface area (Å²) in [7, 11) is 2.08. The Morgan fingerprint density at radius 2 is 1.89 bits per heavy atom. The van der Waals surface area contributed by atoms with E-state index in [4.69, 9.17) is 0 Å². The van der Waals surface area contributed by atoms with Crippen LogP contribution in [-0.2, 0) is 6.54 Å². The summed E-state index contributed by atoms with van der Waals surface area (Å²) < 4.78 is 13.4. The van der Waals surface area contributed by atoms with Gasteiger partial charge in [0.25, 0.3) is 0 Å². The molecule has 0 saturated carbocycles. The van der Waals surface area contributed by atoms with Crippen LogP contribution in [0.1, 0.15) is 39.7 Å². The van der Waals surface area contributed by atoms with E-state index < -0.39 is 0 Å². The first-order valence-corrected chi connectivity index (χ1v) is 7.13. The topological polar surface area (TPSA) is 15.3 Å². The fourth-order valence-electron chi connectivity index (χ4n) is 1.95. The molecule has 1 aromatic rings. The standard InChI is InChI=1S/C16H27FN2/c1-12(2)8-9-19(5)16-7-6-15(17)10-14(16)11-18-13(3)4/h6-7,10,12-13,18H,8-9,11H2,1-5H3. The zero-order chi connectivity index (χ0) is 14.4. The van der Waals surface area contributed by atoms with Gasteiger partial charge in [-0.2, -0.15) is 0 Å². The number of hydrogen-bond acceptors (Lipinski definition) is 2. The molecule has 0 heterocycles. The lowest BCUT2D eigenvalue weighted by molar-refractivity contribution is 0.572. The van der Waals surface area contributed by atoms with Crippen molar-refractivity contribution >= 4 is 5.69 Å². The summed E-state index contributed by atoms with van der Waals surface area (Å²) in [4.78, 5) is 2.22. The van der Waals surface area contributed by atoms with Crippen molar-refractivity contribution in [3.05, 3.63) is 29.6 Å². The molecule has 2 nitrogen and oxygen atoms in total. The molecule has 1 aromatic carbocycles. The molecule has 0 amide bonds. The van der Waals surface area contributed by atoms with E-state index in [1.165, 1.54) is 0 Å². The minimum absolute atomic E-state index is 0.165. The SMILES string of the molecule is CC(C)CCN(C)c1ccc(F)cc1CNC(C)C. The van der Waals surface area contributed by atoms with E-state index in [1.807, 2.05) is 6.07 Å². The van der Waals surface area contributed by atoms with Crippen molar-refractivity contribution in [3.8, 4) is 0 Å². The van der Waals surface area contributed by atoms with Gasteiger partial charge in [-0.15, -0.1) is 0 Å². The fraction of sp³-hybridized carbons (Fsp3) is 0.625. The van der Waals surface area contributed by atoms with Gasteiger partial charge in [0.15, 0.2) is 0 Å². The molecule has 1 N–H and O–H groups in total. The molecule has 0 aliphatic heterocycles. The molecule has 0 fully saturated rings. The van der Waals surface area contributed by atoms with E-state index in [1.54, 1.807) is 12.1 Å². The molecule has 0 unspecified atom stereocenters. The van der Waals surface area contributed by atoms with Crippen LogP contribution in [0.2, 0.25) is 0 Å². The third-order valence-corrected chi connectivity index (χ3v) is 3.20. The van der Waals surface area contributed by atoms with Crippen molar-refractivity contribution in [1.29, 1.82) is 0 Å². The summed E-state index contributed by atoms with van der Waals surface area (Å²) in [6.45, 7) is 10.3. The Kier molecular flexibility index (Phi) is 6.29. The number of anilines is 1. The Balaban J connectivity index is 2.79. The molecule has 108 valence electrons. The van der Waals surface area contributed by atoms with Gasteiger partial charge in [0.2, 0.25) is 0 Å². The maximum Gasteiger partial charge on any atom is 0.123 e. The quantitative estimate of drug-likeness (QED) is 0.807. The van der Waals surface area contributed by atoms with Gasteiger partial charge in [-0.05, 0) is 36.1 Å². The van der Waals surface area contributed by atoms with Crippen LogP contribution >= 0.6 is 0 Å². The van der Waals surface area contributed by atoms with Gasteiger partial charge in [-0.3, -0.25) is 0 Å². The van der Waals surface area contributed by atoms with Gasteiger partial charge in [0.1, 0.15) is 5.82 Å². The monoisotopic (exact) mass is 266 g/mol. The molecule has 1 rings (SSSR count). The van der Waals surface area contributed by atoms with Crippen molar-refractivity contribution in [1.82, 2.24) is 5.32 Å². The predicted octanol–water partition coefficient (Wildman–Crippen LogP) is 3.81. The molecule has 0 aliphatic rings. The number of benzene rings is 1. The molecule has 0 radical (unpaired) electrons. The summed E-state index contributed by atoms with van der Waals surface area (Å²) in [6.07, 6.45) is 1.14. The van der Waals surface area contributed by atoms with Crippen molar-refractivity contribution in [2.75, 3.05) is 18.5 Å². The molecule has 3 heteroatoms. The second-order valence-corrected chi connectivity index (χ2v) is 5.91. The first kappa shape index (κ1) is 16.0. The van der Waals surface area contributed by atoms with E-state index in [0.717, 1.165) is 24.2 Å². The number of nitrogens with zero attached hydrogens (tertiary/aromatic N) is 1. The van der Waals surface area contributed by atoms with Crippen LogP contribution in [0.25, 0.3) is 0 Å². The van der Waals surface area contributed by atoms with E-state index in [0.29, 0.717) is 18.5 Å². The lowest BCUT2D eigenvalue weighted by Crippen LogP contribution is -2.25. The van der Waals surface area contributed by atoms with E-state index in [-0.39, 0.29) is 5.82 Å². The van der Waals surface area contributed by atoms with Crippen molar-refractivity contribution in [2.24, 2.45) is 5.92 Å². The van der Waals surface area contributed by atoms with Gasteiger partial charge < -0.3 is 10.2 Å². The Labute approximate surface area is 117 Å². The second kappa shape index (κ2) is 7.49. The highest BCUT2D eigenvalue weighted by molar-refractivity contribution is 5.53. The maximum atomic E-state index is 13.4. The lowest BCUT2D eigenvalue weighted by Gasteiger charge is -2.24. The minimum atomic E-state index is -0.165. The van der Waals surface area contributed by atoms with Crippen molar-refractivity contribution in [3.63, 3.8) is 0 Å². The molecular formula is C16H27FN2. The molecule has 0 bridgehead atoms. The third kappa shape index (κ3) is 5.60. The summed E-state index contributed by atoms with van der Waals surface area (Å²) in [6, 6.07) is 5.46. The highest BCUT2D eigenvalue weighted by Crippen LogP contribution is 2.21. The summed E-state index contributed by atoms with van der Waals surface area (Å²) >= 11 is 0. The maximum absolute atomic E-state index is 13.4. The van der Waals surface area contributed by atoms with Crippen LogP contribution in [0.3, 0.4) is 0 Å². The lowest BCUT2D eigenvalue weighted by atomic mass is 10.1. The van der Waals surface area contributed by atoms with Gasteiger partial charge in [0, 0.05) is 31.9 Å². The number of rotatable bonds is 7. The largest absolute Gasteiger partial charge is 0.374 e. The van der Waals surface area contributed by atoms with Crippen LogP contribution in [0.5, 0.6) is 0 Å². The fourth-order valence-corrected chi connectivity index (χ4v) is 1.95. The van der Waals surface area contributed by atoms with Crippen LogP contribution < -0.4 is 10.2 Å². The normalized spacial score (nSPS) is 11.4. The number of halogens is 1. The zero-order valence-corrected chi connectivity index (χ0v) is 12.8. The summed E-state index contributed by atoms with van der Waals surface area (Å²) in [5.41, 5.74) is 2.15. The molecule has 0 saturated heterocycles. The molecule has 0 atom stereocenters. The van der Waals surface area contributed by atoms with Crippen molar-refractivity contribution < 1.29 is 4.39 Å². The second-order valence-electron chi connectivity index (χ2n) is 5.91. The van der Waals surface area contributed by atoms with Gasteiger partial charge in [-0.25, -0.2) is 4.39 Å². The van der Waals surface area contributed by atoms with Gasteiger partial charge in [-0.1, -0.05) is 27.7 Å². The summed E-state index contributed by atoms with van der Waals surface area (Å²) in [5, 5.41) is 3.36. The molecule has 0 aliphatic carbocycles. The van der Waals surface area contributed by atoms with Gasteiger partial charge in [0.05, 0.1) is 0 Å². The Morgan fingerprint density at radius 1 is 1.21 bits per heavy atom. The average Bonchev–Trinajstić information content (AvgIpc) is 2.33. The highest BCUT2D eigenvalue weighted by Gasteiger charge is 2.09. The first-order chi connectivity index (χ1) is 8.90. The number of hydrogen-bond donors (Lipinski definition) is 1. The molecule has 19 heavy (non-hydrogen) atoms. The van der Waals surface area contributed by atoms with E-state index in [2.05, 4.69) is 45.0 Å². The van der Waals surface area contributed by atoms with Crippen molar-refractivity contribution in [2.45, 2.75) is 46.7 Å². The van der Waals surface area contributed by atoms with Crippen LogP contribution in [0, 0.1) is 11.7 Å². The molecular weight excluding hydrogens is 239 g/mol. The Bertz CT molecular complexity index is 388. The summed E-state index contributed by atoms with van der Waals surface area (Å²) in [5.74, 6) is 0.515. The minimum Gasteiger partial charge on any atom is -0.374 e.